The van der Waals surface area contributed by atoms with Crippen molar-refractivity contribution in [2.75, 3.05) is 19.6 Å². The Kier molecular flexibility index (Phi) is 9.75. The number of halogens is 1. The van der Waals surface area contributed by atoms with Gasteiger partial charge in [-0.3, -0.25) is 24.3 Å². The van der Waals surface area contributed by atoms with E-state index in [4.69, 9.17) is 4.74 Å². The summed E-state index contributed by atoms with van der Waals surface area (Å²) in [5.74, 6) is -1.30. The van der Waals surface area contributed by atoms with E-state index in [0.717, 1.165) is 6.42 Å². The predicted octanol–water partition coefficient (Wildman–Crippen LogP) is 6.24. The monoisotopic (exact) mass is 647 g/mol. The summed E-state index contributed by atoms with van der Waals surface area (Å²) in [5.41, 5.74) is 1.14. The lowest BCUT2D eigenvalue weighted by Gasteiger charge is -2.35. The van der Waals surface area contributed by atoms with E-state index < -0.39 is 23.6 Å². The number of hydrogen-bond donors (Lipinski definition) is 0. The molecule has 1 aromatic carbocycles. The van der Waals surface area contributed by atoms with Gasteiger partial charge in [-0.15, -0.1) is 0 Å². The Morgan fingerprint density at radius 2 is 1.64 bits per heavy atom. The van der Waals surface area contributed by atoms with Gasteiger partial charge in [-0.1, -0.05) is 0 Å². The highest BCUT2D eigenvalue weighted by Gasteiger charge is 2.40. The molecular formula is C36H46FN5O5. The van der Waals surface area contributed by atoms with E-state index >= 15 is 0 Å². The number of piperidine rings is 1. The second kappa shape index (κ2) is 13.4. The first kappa shape index (κ1) is 34.1. The highest BCUT2D eigenvalue weighted by atomic mass is 19.1. The van der Waals surface area contributed by atoms with Crippen LogP contribution in [0.1, 0.15) is 94.9 Å². The van der Waals surface area contributed by atoms with Gasteiger partial charge in [0, 0.05) is 61.0 Å². The molecule has 47 heavy (non-hydrogen) atoms. The van der Waals surface area contributed by atoms with Crippen molar-refractivity contribution in [2.45, 2.75) is 97.9 Å². The highest BCUT2D eigenvalue weighted by molar-refractivity contribution is 6.10. The van der Waals surface area contributed by atoms with Gasteiger partial charge in [0.05, 0.1) is 23.0 Å². The lowest BCUT2D eigenvalue weighted by Crippen LogP contribution is -2.51. The minimum atomic E-state index is -0.651. The lowest BCUT2D eigenvalue weighted by molar-refractivity contribution is -0.137. The molecule has 0 radical (unpaired) electrons. The van der Waals surface area contributed by atoms with E-state index in [1.54, 1.807) is 65.9 Å². The van der Waals surface area contributed by atoms with Gasteiger partial charge in [0.2, 0.25) is 5.91 Å². The summed E-state index contributed by atoms with van der Waals surface area (Å²) in [7, 11) is 0. The number of nitrogens with zero attached hydrogens (tertiary/aromatic N) is 5. The maximum atomic E-state index is 14.6. The van der Waals surface area contributed by atoms with Gasteiger partial charge < -0.3 is 19.1 Å². The summed E-state index contributed by atoms with van der Waals surface area (Å²) in [5, 5.41) is 0.690. The molecule has 3 amide bonds. The fraction of sp³-hybridized carbons (Fsp3) is 0.528. The number of aromatic nitrogens is 2. The molecule has 0 saturated carbocycles. The van der Waals surface area contributed by atoms with Crippen LogP contribution in [0.5, 0.6) is 0 Å². The molecule has 2 aromatic heterocycles. The van der Waals surface area contributed by atoms with Crippen molar-refractivity contribution in [3.05, 3.63) is 59.8 Å². The highest BCUT2D eigenvalue weighted by Crippen LogP contribution is 2.32. The van der Waals surface area contributed by atoms with Gasteiger partial charge in [-0.25, -0.2) is 9.18 Å². The zero-order valence-corrected chi connectivity index (χ0v) is 28.5. The van der Waals surface area contributed by atoms with Crippen LogP contribution in [0.15, 0.2) is 42.9 Å². The van der Waals surface area contributed by atoms with E-state index in [1.807, 2.05) is 27.7 Å². The third kappa shape index (κ3) is 7.04. The van der Waals surface area contributed by atoms with Crippen LogP contribution < -0.4 is 0 Å². The third-order valence-electron chi connectivity index (χ3n) is 9.01. The molecule has 5 rings (SSSR count). The Bertz CT molecular complexity index is 1660. The van der Waals surface area contributed by atoms with Crippen molar-refractivity contribution in [1.82, 2.24) is 24.3 Å². The maximum absolute atomic E-state index is 14.6. The summed E-state index contributed by atoms with van der Waals surface area (Å²) in [6.45, 7) is 14.4. The molecule has 2 fully saturated rings. The molecule has 0 spiro atoms. The lowest BCUT2D eigenvalue weighted by atomic mass is 9.88. The van der Waals surface area contributed by atoms with Crippen LogP contribution in [0.25, 0.3) is 16.6 Å². The average molecular weight is 648 g/mol. The number of benzene rings is 1. The number of carbonyl (C=O) groups excluding carboxylic acids is 4. The maximum Gasteiger partial charge on any atom is 0.410 e. The number of pyridine rings is 1. The minimum Gasteiger partial charge on any atom is -0.444 e. The second-order valence-corrected chi connectivity index (χ2v) is 14.2. The standard InChI is InChI=1S/C36H46FN5O5/c1-22(2)42(23(3)4)33(44)27-19-25(37)10-11-29(27)41-21-28(26-12-15-38-20-31(26)41)32(43)24-13-17-39(18-14-24)34(45)30-9-8-16-40(30)35(46)47-36(5,6)7/h10-12,15,19-24,30H,8-9,13-14,16-18H2,1-7H3. The molecule has 11 heteroatoms. The fourth-order valence-electron chi connectivity index (χ4n) is 6.92. The minimum absolute atomic E-state index is 0.0516. The summed E-state index contributed by atoms with van der Waals surface area (Å²) < 4.78 is 21.9. The quantitative estimate of drug-likeness (QED) is 0.281. The number of hydrogen-bond acceptors (Lipinski definition) is 6. The summed E-state index contributed by atoms with van der Waals surface area (Å²) in [6, 6.07) is 5.14. The van der Waals surface area contributed by atoms with Crippen LogP contribution in [0.4, 0.5) is 9.18 Å². The van der Waals surface area contributed by atoms with Crippen molar-refractivity contribution in [1.29, 1.82) is 0 Å². The van der Waals surface area contributed by atoms with E-state index in [1.165, 1.54) is 17.0 Å². The number of likely N-dealkylation sites (tertiary alicyclic amines) is 2. The van der Waals surface area contributed by atoms with Gasteiger partial charge in [-0.05, 0) is 98.4 Å². The van der Waals surface area contributed by atoms with E-state index in [0.29, 0.717) is 61.1 Å². The molecule has 2 aliphatic rings. The molecule has 0 aliphatic carbocycles. The average Bonchev–Trinajstić information content (AvgIpc) is 3.65. The van der Waals surface area contributed by atoms with Gasteiger partial charge in [0.15, 0.2) is 5.78 Å². The van der Waals surface area contributed by atoms with Crippen LogP contribution in [0, 0.1) is 11.7 Å². The molecule has 2 saturated heterocycles. The first-order valence-corrected chi connectivity index (χ1v) is 16.6. The summed E-state index contributed by atoms with van der Waals surface area (Å²) in [4.78, 5) is 63.5. The number of ketones is 1. The molecule has 3 aromatic rings. The molecule has 1 atom stereocenters. The van der Waals surface area contributed by atoms with Crippen LogP contribution in [-0.2, 0) is 9.53 Å². The van der Waals surface area contributed by atoms with E-state index in [9.17, 15) is 23.6 Å². The van der Waals surface area contributed by atoms with Crippen LogP contribution in [0.2, 0.25) is 0 Å². The van der Waals surface area contributed by atoms with E-state index in [2.05, 4.69) is 4.98 Å². The topological polar surface area (TPSA) is 105 Å². The Morgan fingerprint density at radius 1 is 0.957 bits per heavy atom. The van der Waals surface area contributed by atoms with Crippen molar-refractivity contribution < 1.29 is 28.3 Å². The van der Waals surface area contributed by atoms with Crippen LogP contribution in [0.3, 0.4) is 0 Å². The summed E-state index contributed by atoms with van der Waals surface area (Å²) >= 11 is 0. The Hall–Kier alpha value is -4.28. The van der Waals surface area contributed by atoms with Gasteiger partial charge in [-0.2, -0.15) is 0 Å². The third-order valence-corrected chi connectivity index (χ3v) is 9.01. The molecule has 252 valence electrons. The molecule has 1 unspecified atom stereocenters. The Labute approximate surface area is 275 Å². The number of rotatable bonds is 7. The molecule has 0 bridgehead atoms. The molecular weight excluding hydrogens is 601 g/mol. The molecule has 0 N–H and O–H groups in total. The zero-order chi connectivity index (χ0) is 34.2. The molecule has 2 aliphatic heterocycles. The van der Waals surface area contributed by atoms with Crippen LogP contribution in [-0.4, -0.2) is 91.3 Å². The second-order valence-electron chi connectivity index (χ2n) is 14.2. The number of amides is 3. The van der Waals surface area contributed by atoms with Crippen molar-refractivity contribution >= 4 is 34.6 Å². The Morgan fingerprint density at radius 3 is 2.28 bits per heavy atom. The first-order chi connectivity index (χ1) is 22.2. The predicted molar refractivity (Wildman–Crippen MR) is 177 cm³/mol. The van der Waals surface area contributed by atoms with E-state index in [-0.39, 0.29) is 41.2 Å². The fourth-order valence-corrected chi connectivity index (χ4v) is 6.92. The Balaban J connectivity index is 1.37. The first-order valence-electron chi connectivity index (χ1n) is 16.6. The molecule has 4 heterocycles. The SMILES string of the molecule is CC(C)N(C(=O)c1cc(F)ccc1-n1cc(C(=O)C2CCN(C(=O)C3CCCN3C(=O)OC(C)(C)C)CC2)c2ccncc21)C(C)C. The van der Waals surface area contributed by atoms with Gasteiger partial charge in [0.1, 0.15) is 17.5 Å². The number of fused-ring (bicyclic) bond motifs is 1. The zero-order valence-electron chi connectivity index (χ0n) is 28.5. The van der Waals surface area contributed by atoms with Gasteiger partial charge in [0.25, 0.3) is 5.91 Å². The largest absolute Gasteiger partial charge is 0.444 e. The van der Waals surface area contributed by atoms with Crippen molar-refractivity contribution in [3.8, 4) is 5.69 Å². The van der Waals surface area contributed by atoms with Crippen molar-refractivity contribution in [3.63, 3.8) is 0 Å². The number of Topliss-reactive ketones (excluding diaryl/α,β-unsaturated/α-hetero) is 1. The number of ether oxygens (including phenoxy) is 1. The number of carbonyl (C=O) groups is 4. The van der Waals surface area contributed by atoms with Gasteiger partial charge >= 0.3 is 6.09 Å². The van der Waals surface area contributed by atoms with Crippen LogP contribution >= 0.6 is 0 Å². The smallest absolute Gasteiger partial charge is 0.410 e. The molecule has 10 nitrogen and oxygen atoms in total. The summed E-state index contributed by atoms with van der Waals surface area (Å²) in [6.07, 6.45) is 6.81. The normalized spacial score (nSPS) is 17.5. The van der Waals surface area contributed by atoms with Crippen molar-refractivity contribution in [2.24, 2.45) is 5.92 Å².